The average Bonchev–Trinajstić information content (AvgIpc) is 3.24. The molecule has 19 heavy (non-hydrogen) atoms. The maximum Gasteiger partial charge on any atom is 0.179 e. The molecule has 0 spiro atoms. The van der Waals surface area contributed by atoms with Crippen LogP contribution in [0.5, 0.6) is 11.5 Å². The van der Waals surface area contributed by atoms with Crippen molar-refractivity contribution in [2.45, 2.75) is 25.4 Å². The topological polar surface area (TPSA) is 41.9 Å². The van der Waals surface area contributed by atoms with Crippen LogP contribution in [0.2, 0.25) is 5.02 Å². The minimum absolute atomic E-state index is 0.168. The maximum atomic E-state index is 9.12. The summed E-state index contributed by atoms with van der Waals surface area (Å²) in [4.78, 5) is 2.26. The zero-order chi connectivity index (χ0) is 13.8. The molecule has 2 rings (SSSR count). The number of hydrogen-bond acceptors (Lipinski definition) is 4. The van der Waals surface area contributed by atoms with Crippen LogP contribution in [0.1, 0.15) is 18.4 Å². The van der Waals surface area contributed by atoms with E-state index in [2.05, 4.69) is 4.90 Å². The van der Waals surface area contributed by atoms with Crippen LogP contribution in [0.3, 0.4) is 0 Å². The van der Waals surface area contributed by atoms with Gasteiger partial charge in [-0.15, -0.1) is 0 Å². The lowest BCUT2D eigenvalue weighted by Crippen LogP contribution is -2.28. The van der Waals surface area contributed by atoms with E-state index in [1.807, 2.05) is 12.1 Å². The first-order chi connectivity index (χ1) is 9.21. The molecule has 0 atom stereocenters. The number of hydrogen-bond donors (Lipinski definition) is 1. The highest BCUT2D eigenvalue weighted by Crippen LogP contribution is 2.38. The van der Waals surface area contributed by atoms with E-state index < -0.39 is 0 Å². The second-order valence-corrected chi connectivity index (χ2v) is 5.08. The molecule has 1 aliphatic carbocycles. The van der Waals surface area contributed by atoms with E-state index in [1.54, 1.807) is 14.2 Å². The molecular formula is C14H20ClNO3. The second-order valence-electron chi connectivity index (χ2n) is 4.70. The molecule has 0 amide bonds. The molecule has 1 N–H and O–H groups in total. The number of ether oxygens (including phenoxy) is 2. The summed E-state index contributed by atoms with van der Waals surface area (Å²) in [5, 5.41) is 9.71. The van der Waals surface area contributed by atoms with Gasteiger partial charge in [0.2, 0.25) is 0 Å². The Kier molecular flexibility index (Phi) is 4.91. The van der Waals surface area contributed by atoms with Crippen LogP contribution in [0.15, 0.2) is 12.1 Å². The van der Waals surface area contributed by atoms with Crippen molar-refractivity contribution in [2.75, 3.05) is 27.4 Å². The molecule has 1 fully saturated rings. The molecular weight excluding hydrogens is 266 g/mol. The highest BCUT2D eigenvalue weighted by Gasteiger charge is 2.29. The van der Waals surface area contributed by atoms with Gasteiger partial charge >= 0.3 is 0 Å². The van der Waals surface area contributed by atoms with Crippen molar-refractivity contribution in [3.63, 3.8) is 0 Å². The Balaban J connectivity index is 2.19. The Morgan fingerprint density at radius 3 is 2.58 bits per heavy atom. The van der Waals surface area contributed by atoms with Crippen molar-refractivity contribution in [2.24, 2.45) is 0 Å². The fourth-order valence-corrected chi connectivity index (χ4v) is 2.52. The molecule has 0 radical (unpaired) electrons. The zero-order valence-corrected chi connectivity index (χ0v) is 12.1. The molecule has 4 nitrogen and oxygen atoms in total. The van der Waals surface area contributed by atoms with Crippen LogP contribution in [0, 0.1) is 0 Å². The van der Waals surface area contributed by atoms with Gasteiger partial charge in [0, 0.05) is 19.1 Å². The molecule has 0 saturated heterocycles. The minimum atomic E-state index is 0.168. The molecule has 106 valence electrons. The van der Waals surface area contributed by atoms with Gasteiger partial charge in [-0.1, -0.05) is 17.7 Å². The Morgan fingerprint density at radius 1 is 1.32 bits per heavy atom. The molecule has 0 heterocycles. The van der Waals surface area contributed by atoms with E-state index in [9.17, 15) is 0 Å². The SMILES string of the molecule is COc1ccc(CN(CCO)C2CC2)c(Cl)c1OC. The van der Waals surface area contributed by atoms with Gasteiger partial charge in [0.1, 0.15) is 0 Å². The largest absolute Gasteiger partial charge is 0.493 e. The summed E-state index contributed by atoms with van der Waals surface area (Å²) in [6, 6.07) is 4.40. The van der Waals surface area contributed by atoms with Gasteiger partial charge in [0.15, 0.2) is 11.5 Å². The molecule has 0 unspecified atom stereocenters. The molecule has 1 aliphatic rings. The Morgan fingerprint density at radius 2 is 2.05 bits per heavy atom. The van der Waals surface area contributed by atoms with E-state index >= 15 is 0 Å². The van der Waals surface area contributed by atoms with Crippen molar-refractivity contribution < 1.29 is 14.6 Å². The highest BCUT2D eigenvalue weighted by atomic mass is 35.5. The van der Waals surface area contributed by atoms with Gasteiger partial charge in [0.05, 0.1) is 25.8 Å². The van der Waals surface area contributed by atoms with Crippen molar-refractivity contribution in [3.8, 4) is 11.5 Å². The maximum absolute atomic E-state index is 9.12. The summed E-state index contributed by atoms with van der Waals surface area (Å²) in [6.07, 6.45) is 2.40. The number of benzene rings is 1. The van der Waals surface area contributed by atoms with Crippen LogP contribution in [-0.4, -0.2) is 43.4 Å². The number of aliphatic hydroxyl groups excluding tert-OH is 1. The normalized spacial score (nSPS) is 14.8. The molecule has 0 aliphatic heterocycles. The van der Waals surface area contributed by atoms with Crippen LogP contribution >= 0.6 is 11.6 Å². The molecule has 1 saturated carbocycles. The predicted octanol–water partition coefficient (Wildman–Crippen LogP) is 2.31. The third kappa shape index (κ3) is 3.32. The highest BCUT2D eigenvalue weighted by molar-refractivity contribution is 6.33. The summed E-state index contributed by atoms with van der Waals surface area (Å²) < 4.78 is 10.5. The molecule has 0 bridgehead atoms. The second kappa shape index (κ2) is 6.46. The van der Waals surface area contributed by atoms with Crippen molar-refractivity contribution in [1.82, 2.24) is 4.90 Å². The Bertz CT molecular complexity index is 435. The van der Waals surface area contributed by atoms with Crippen LogP contribution in [-0.2, 0) is 6.54 Å². The van der Waals surface area contributed by atoms with E-state index in [4.69, 9.17) is 26.2 Å². The summed E-state index contributed by atoms with van der Waals surface area (Å²) >= 11 is 6.37. The quantitative estimate of drug-likeness (QED) is 0.835. The average molecular weight is 286 g/mol. The number of aliphatic hydroxyl groups is 1. The van der Waals surface area contributed by atoms with Gasteiger partial charge in [-0.25, -0.2) is 0 Å². The lowest BCUT2D eigenvalue weighted by molar-refractivity contribution is 0.183. The van der Waals surface area contributed by atoms with Crippen molar-refractivity contribution in [1.29, 1.82) is 0 Å². The summed E-state index contributed by atoms with van der Waals surface area (Å²) in [7, 11) is 3.18. The van der Waals surface area contributed by atoms with Gasteiger partial charge in [0.25, 0.3) is 0 Å². The van der Waals surface area contributed by atoms with Crippen LogP contribution in [0.25, 0.3) is 0 Å². The summed E-state index contributed by atoms with van der Waals surface area (Å²) in [5.41, 5.74) is 1.000. The van der Waals surface area contributed by atoms with Gasteiger partial charge in [-0.3, -0.25) is 4.90 Å². The van der Waals surface area contributed by atoms with Gasteiger partial charge in [-0.2, -0.15) is 0 Å². The zero-order valence-electron chi connectivity index (χ0n) is 11.4. The van der Waals surface area contributed by atoms with E-state index in [0.717, 1.165) is 12.1 Å². The number of methoxy groups -OCH3 is 2. The Labute approximate surface area is 118 Å². The lowest BCUT2D eigenvalue weighted by Gasteiger charge is -2.22. The van der Waals surface area contributed by atoms with Crippen molar-refractivity contribution in [3.05, 3.63) is 22.7 Å². The van der Waals surface area contributed by atoms with Crippen LogP contribution < -0.4 is 9.47 Å². The first-order valence-electron chi connectivity index (χ1n) is 6.45. The van der Waals surface area contributed by atoms with Crippen LogP contribution in [0.4, 0.5) is 0 Å². The molecule has 1 aromatic rings. The summed E-state index contributed by atoms with van der Waals surface area (Å²) in [6.45, 7) is 1.57. The summed E-state index contributed by atoms with van der Waals surface area (Å²) in [5.74, 6) is 1.21. The standard InChI is InChI=1S/C14H20ClNO3/c1-18-12-6-3-10(13(15)14(12)19-2)9-16(7-8-17)11-4-5-11/h3,6,11,17H,4-5,7-9H2,1-2H3. The third-order valence-corrected chi connectivity index (χ3v) is 3.80. The fourth-order valence-electron chi connectivity index (χ4n) is 2.23. The van der Waals surface area contributed by atoms with E-state index in [1.165, 1.54) is 12.8 Å². The number of halogens is 1. The third-order valence-electron chi connectivity index (χ3n) is 3.39. The molecule has 1 aromatic carbocycles. The Hall–Kier alpha value is -0.970. The van der Waals surface area contributed by atoms with E-state index in [0.29, 0.717) is 29.1 Å². The monoisotopic (exact) mass is 285 g/mol. The fraction of sp³-hybridized carbons (Fsp3) is 0.571. The van der Waals surface area contributed by atoms with E-state index in [-0.39, 0.29) is 6.61 Å². The molecule has 5 heteroatoms. The van der Waals surface area contributed by atoms with Gasteiger partial charge in [-0.05, 0) is 24.5 Å². The first kappa shape index (κ1) is 14.4. The predicted molar refractivity (Wildman–Crippen MR) is 75.1 cm³/mol. The number of rotatable bonds is 7. The number of nitrogens with zero attached hydrogens (tertiary/aromatic N) is 1. The first-order valence-corrected chi connectivity index (χ1v) is 6.83. The molecule has 0 aromatic heterocycles. The minimum Gasteiger partial charge on any atom is -0.493 e. The smallest absolute Gasteiger partial charge is 0.179 e. The lowest BCUT2D eigenvalue weighted by atomic mass is 10.1. The van der Waals surface area contributed by atoms with Crippen molar-refractivity contribution >= 4 is 11.6 Å². The van der Waals surface area contributed by atoms with Gasteiger partial charge < -0.3 is 14.6 Å².